The van der Waals surface area contributed by atoms with Crippen molar-refractivity contribution in [1.82, 2.24) is 9.13 Å². The van der Waals surface area contributed by atoms with Gasteiger partial charge in [-0.05, 0) is 278 Å². The van der Waals surface area contributed by atoms with Crippen LogP contribution in [-0.2, 0) is 5.41 Å². The van der Waals surface area contributed by atoms with Crippen molar-refractivity contribution < 1.29 is 0 Å². The monoisotopic (exact) mass is 1460 g/mol. The van der Waals surface area contributed by atoms with Crippen molar-refractivity contribution in [2.45, 2.75) is 19.3 Å². The zero-order valence-corrected chi connectivity index (χ0v) is 63.7. The molecule has 0 amide bonds. The lowest BCUT2D eigenvalue weighted by molar-refractivity contribution is 0.661. The summed E-state index contributed by atoms with van der Waals surface area (Å²) in [5.74, 6) is 0. The van der Waals surface area contributed by atoms with Crippen LogP contribution >= 0.6 is 0 Å². The van der Waals surface area contributed by atoms with Gasteiger partial charge in [0, 0.05) is 72.5 Å². The maximum absolute atomic E-state index is 2.45. The van der Waals surface area contributed by atoms with Crippen molar-refractivity contribution in [2.24, 2.45) is 0 Å². The number of aromatic nitrogens is 2. The van der Waals surface area contributed by atoms with Gasteiger partial charge < -0.3 is 18.9 Å². The quantitative estimate of drug-likeness (QED) is 0.128. The lowest BCUT2D eigenvalue weighted by Gasteiger charge is -2.28. The Labute approximate surface area is 667 Å². The Morgan fingerprint density at radius 3 is 0.939 bits per heavy atom. The summed E-state index contributed by atoms with van der Waals surface area (Å²) in [5.41, 5.74) is 26.3. The summed E-state index contributed by atoms with van der Waals surface area (Å²) in [6, 6.07) is 156. The molecule has 0 spiro atoms. The van der Waals surface area contributed by atoms with E-state index < -0.39 is 0 Å². The molecule has 4 nitrogen and oxygen atoms in total. The van der Waals surface area contributed by atoms with E-state index >= 15 is 0 Å². The van der Waals surface area contributed by atoms with E-state index in [0.29, 0.717) is 0 Å². The second-order valence-corrected chi connectivity index (χ2v) is 31.3. The van der Waals surface area contributed by atoms with E-state index in [1.165, 1.54) is 164 Å². The molecule has 1 aliphatic carbocycles. The van der Waals surface area contributed by atoms with Crippen LogP contribution < -0.4 is 9.80 Å². The summed E-state index contributed by atoms with van der Waals surface area (Å²) < 4.78 is 4.89. The second kappa shape index (κ2) is 27.3. The van der Waals surface area contributed by atoms with Crippen molar-refractivity contribution in [3.8, 4) is 55.9 Å². The Kier molecular flexibility index (Phi) is 15.9. The summed E-state index contributed by atoms with van der Waals surface area (Å²) >= 11 is 0. The predicted molar refractivity (Wildman–Crippen MR) is 490 cm³/mol. The fourth-order valence-corrected chi connectivity index (χ4v) is 18.3. The van der Waals surface area contributed by atoms with Crippen LogP contribution in [-0.4, -0.2) is 9.13 Å². The standard InChI is InChI=1S/C57H40N2.C54H36N2/c1-57(2)53-33-42-15-9-6-12-39(42)30-50(53)49-29-28-48(36-54(49)57)58(45-18-4-3-5-19-45)46-24-20-37(21-25-46)38-22-26-47(27-23-38)59-55-34-43-16-10-7-13-40(43)31-51(55)52-32-41-14-8-11-17-44(41)35-56(52)59;1-2-11-37(12-3-1)39-23-27-47(28-24-39)55(48-29-25-40(26-30-48)46-22-21-38-13-4-5-14-41(38)31-46)49-19-10-20-50(36-49)56-53-34-44-17-8-6-15-42(44)32-51(53)52-33-43-16-7-9-18-45(43)35-54(52)56/h3-36H,1-2H3;1-36H. The Morgan fingerprint density at radius 1 is 0.183 bits per heavy atom. The van der Waals surface area contributed by atoms with E-state index in [-0.39, 0.29) is 5.41 Å². The summed E-state index contributed by atoms with van der Waals surface area (Å²) in [6.45, 7) is 4.74. The van der Waals surface area contributed by atoms with Crippen molar-refractivity contribution in [3.63, 3.8) is 0 Å². The van der Waals surface area contributed by atoms with Gasteiger partial charge in [0.15, 0.2) is 0 Å². The van der Waals surface area contributed by atoms with Gasteiger partial charge in [0.25, 0.3) is 0 Å². The maximum atomic E-state index is 2.45. The van der Waals surface area contributed by atoms with Crippen LogP contribution in [0.3, 0.4) is 0 Å². The summed E-state index contributed by atoms with van der Waals surface area (Å²) in [6.07, 6.45) is 0. The van der Waals surface area contributed by atoms with E-state index in [9.17, 15) is 0 Å². The molecule has 0 bridgehead atoms. The van der Waals surface area contributed by atoms with Crippen molar-refractivity contribution in [2.75, 3.05) is 9.80 Å². The van der Waals surface area contributed by atoms with Crippen LogP contribution in [0.4, 0.5) is 34.1 Å². The lowest BCUT2D eigenvalue weighted by atomic mass is 9.81. The van der Waals surface area contributed by atoms with Crippen molar-refractivity contribution in [3.05, 3.63) is 436 Å². The highest BCUT2D eigenvalue weighted by atomic mass is 15.2. The molecular formula is C111H76N4. The van der Waals surface area contributed by atoms with Crippen LogP contribution in [0.25, 0.3) is 164 Å². The number of para-hydroxylation sites is 1. The Bertz CT molecular complexity index is 7400. The third-order valence-corrected chi connectivity index (χ3v) is 24.2. The molecule has 2 heterocycles. The maximum Gasteiger partial charge on any atom is 0.0547 e. The van der Waals surface area contributed by atoms with E-state index in [1.807, 2.05) is 0 Å². The topological polar surface area (TPSA) is 16.3 Å². The number of anilines is 6. The van der Waals surface area contributed by atoms with Crippen LogP contribution in [0.15, 0.2) is 425 Å². The lowest BCUT2D eigenvalue weighted by Crippen LogP contribution is -2.16. The van der Waals surface area contributed by atoms with Gasteiger partial charge in [-0.25, -0.2) is 0 Å². The average molecular weight is 1470 g/mol. The molecule has 0 fully saturated rings. The highest BCUT2D eigenvalue weighted by Gasteiger charge is 2.37. The van der Waals surface area contributed by atoms with Gasteiger partial charge in [0.1, 0.15) is 0 Å². The molecule has 115 heavy (non-hydrogen) atoms. The van der Waals surface area contributed by atoms with Gasteiger partial charge in [-0.15, -0.1) is 0 Å². The zero-order chi connectivity index (χ0) is 76.2. The number of hydrogen-bond acceptors (Lipinski definition) is 2. The van der Waals surface area contributed by atoms with Gasteiger partial charge in [0.2, 0.25) is 0 Å². The molecule has 20 aromatic carbocycles. The minimum Gasteiger partial charge on any atom is -0.310 e. The largest absolute Gasteiger partial charge is 0.310 e. The van der Waals surface area contributed by atoms with Crippen molar-refractivity contribution >= 4 is 142 Å². The van der Waals surface area contributed by atoms with Gasteiger partial charge in [0.05, 0.1) is 22.1 Å². The Balaban J connectivity index is 0.000000140. The molecule has 2 aromatic heterocycles. The first kappa shape index (κ1) is 67.1. The first-order valence-corrected chi connectivity index (χ1v) is 39.8. The zero-order valence-electron chi connectivity index (χ0n) is 63.7. The van der Waals surface area contributed by atoms with Gasteiger partial charge in [-0.3, -0.25) is 0 Å². The molecule has 0 N–H and O–H groups in total. The normalized spacial score (nSPS) is 12.3. The van der Waals surface area contributed by atoms with Gasteiger partial charge >= 0.3 is 0 Å². The van der Waals surface area contributed by atoms with E-state index in [4.69, 9.17) is 0 Å². The minimum absolute atomic E-state index is 0.121. The average Bonchev–Trinajstić information content (AvgIpc) is 1.58. The highest BCUT2D eigenvalue weighted by Crippen LogP contribution is 2.53. The minimum atomic E-state index is -0.121. The third-order valence-electron chi connectivity index (χ3n) is 24.2. The molecule has 4 heteroatoms. The molecule has 0 aliphatic heterocycles. The van der Waals surface area contributed by atoms with Crippen LogP contribution in [0.2, 0.25) is 0 Å². The summed E-state index contributed by atoms with van der Waals surface area (Å²) in [4.78, 5) is 4.76. The first-order valence-electron chi connectivity index (χ1n) is 39.8. The number of rotatable bonds is 11. The molecule has 22 aromatic rings. The SMILES string of the molecule is CC1(C)c2cc(N(c3ccccc3)c3ccc(-c4ccc(-n5c6cc7ccccc7cc6c6cc7ccccc7cc65)cc4)cc3)ccc2-c2cc3ccccc3cc21.c1ccc(-c2ccc(N(c3ccc(-c4ccc5ccccc5c4)cc3)c3cccc(-n4c5cc6ccccc6cc5c5cc6ccccc6cc54)c3)cc2)cc1. The summed E-state index contributed by atoms with van der Waals surface area (Å²) in [7, 11) is 0. The molecule has 540 valence electrons. The van der Waals surface area contributed by atoms with Crippen LogP contribution in [0.5, 0.6) is 0 Å². The Hall–Kier alpha value is -14.8. The Morgan fingerprint density at radius 2 is 0.487 bits per heavy atom. The first-order chi connectivity index (χ1) is 56.7. The molecule has 0 unspecified atom stereocenters. The molecule has 1 aliphatic rings. The molecule has 23 rings (SSSR count). The van der Waals surface area contributed by atoms with E-state index in [2.05, 4.69) is 457 Å². The van der Waals surface area contributed by atoms with Gasteiger partial charge in [-0.2, -0.15) is 0 Å². The smallest absolute Gasteiger partial charge is 0.0547 e. The van der Waals surface area contributed by atoms with Crippen LogP contribution in [0, 0.1) is 0 Å². The number of fused-ring (bicyclic) bond motifs is 15. The second-order valence-electron chi connectivity index (χ2n) is 31.3. The van der Waals surface area contributed by atoms with E-state index in [0.717, 1.165) is 45.5 Å². The number of benzene rings is 20. The number of nitrogens with zero attached hydrogens (tertiary/aromatic N) is 4. The van der Waals surface area contributed by atoms with Gasteiger partial charge in [-0.1, -0.05) is 281 Å². The molecular weight excluding hydrogens is 1390 g/mol. The van der Waals surface area contributed by atoms with E-state index in [1.54, 1.807) is 0 Å². The molecule has 0 saturated carbocycles. The van der Waals surface area contributed by atoms with Crippen LogP contribution in [0.1, 0.15) is 25.0 Å². The molecule has 0 saturated heterocycles. The van der Waals surface area contributed by atoms with Crippen molar-refractivity contribution in [1.29, 1.82) is 0 Å². The molecule has 0 radical (unpaired) electrons. The highest BCUT2D eigenvalue weighted by molar-refractivity contribution is 6.18. The molecule has 0 atom stereocenters. The number of hydrogen-bond donors (Lipinski definition) is 0. The fourth-order valence-electron chi connectivity index (χ4n) is 18.3. The predicted octanol–water partition coefficient (Wildman–Crippen LogP) is 30.7. The fraction of sp³-hybridized carbons (Fsp3) is 0.0270. The third kappa shape index (κ3) is 11.7. The summed E-state index contributed by atoms with van der Waals surface area (Å²) in [5, 5.41) is 20.1.